The van der Waals surface area contributed by atoms with E-state index in [1.807, 2.05) is 0 Å². The van der Waals surface area contributed by atoms with Crippen molar-refractivity contribution in [2.45, 2.75) is 31.6 Å². The van der Waals surface area contributed by atoms with E-state index >= 15 is 0 Å². The molecule has 0 spiro atoms. The van der Waals surface area contributed by atoms with Crippen LogP contribution in [0.1, 0.15) is 37.2 Å². The summed E-state index contributed by atoms with van der Waals surface area (Å²) in [6, 6.07) is 9.26. The molecule has 0 N–H and O–H groups in total. The van der Waals surface area contributed by atoms with Gasteiger partial charge in [0, 0.05) is 18.8 Å². The molecule has 1 aromatic rings. The third kappa shape index (κ3) is 1.52. The van der Waals surface area contributed by atoms with E-state index in [4.69, 9.17) is 0 Å². The maximum Gasteiger partial charge on any atom is 0.0366 e. The van der Waals surface area contributed by atoms with Crippen molar-refractivity contribution in [2.75, 3.05) is 18.0 Å². The number of rotatable bonds is 2. The molecular formula is C13H17N. The largest absolute Gasteiger partial charge is 0.372 e. The molecule has 0 bridgehead atoms. The molecule has 74 valence electrons. The molecule has 1 aliphatic carbocycles. The lowest BCUT2D eigenvalue weighted by Gasteiger charge is -2.17. The summed E-state index contributed by atoms with van der Waals surface area (Å²) in [4.78, 5) is 2.50. The van der Waals surface area contributed by atoms with Gasteiger partial charge in [-0.05, 0) is 49.3 Å². The average molecular weight is 187 g/mol. The number of hydrogen-bond donors (Lipinski definition) is 0. The fourth-order valence-corrected chi connectivity index (χ4v) is 2.35. The van der Waals surface area contributed by atoms with Crippen molar-refractivity contribution < 1.29 is 0 Å². The minimum atomic E-state index is 0.891. The van der Waals surface area contributed by atoms with Crippen molar-refractivity contribution in [3.63, 3.8) is 0 Å². The number of anilines is 1. The number of hydrogen-bond acceptors (Lipinski definition) is 1. The molecule has 0 aromatic heterocycles. The molecule has 1 heterocycles. The summed E-state index contributed by atoms with van der Waals surface area (Å²) in [7, 11) is 0. The third-order valence-corrected chi connectivity index (χ3v) is 3.41. The molecule has 1 saturated heterocycles. The van der Waals surface area contributed by atoms with Crippen LogP contribution in [0.3, 0.4) is 0 Å². The van der Waals surface area contributed by atoms with Crippen LogP contribution in [0.5, 0.6) is 0 Å². The van der Waals surface area contributed by atoms with E-state index in [0.29, 0.717) is 0 Å². The first-order valence-electron chi connectivity index (χ1n) is 5.78. The fraction of sp³-hybridized carbons (Fsp3) is 0.538. The summed E-state index contributed by atoms with van der Waals surface area (Å²) in [5.74, 6) is 0.891. The van der Waals surface area contributed by atoms with Crippen LogP contribution in [0.4, 0.5) is 5.69 Å². The van der Waals surface area contributed by atoms with Crippen molar-refractivity contribution in [3.05, 3.63) is 29.8 Å². The Kier molecular flexibility index (Phi) is 1.97. The van der Waals surface area contributed by atoms with Gasteiger partial charge < -0.3 is 4.90 Å². The molecule has 1 nitrogen and oxygen atoms in total. The Morgan fingerprint density at radius 1 is 0.929 bits per heavy atom. The molecule has 2 fully saturated rings. The highest BCUT2D eigenvalue weighted by molar-refractivity contribution is 5.49. The van der Waals surface area contributed by atoms with E-state index in [9.17, 15) is 0 Å². The smallest absolute Gasteiger partial charge is 0.0366 e. The van der Waals surface area contributed by atoms with E-state index in [0.717, 1.165) is 5.92 Å². The van der Waals surface area contributed by atoms with Crippen LogP contribution in [0, 0.1) is 0 Å². The molecule has 14 heavy (non-hydrogen) atoms. The van der Waals surface area contributed by atoms with Crippen LogP contribution in [-0.2, 0) is 0 Å². The van der Waals surface area contributed by atoms with Crippen LogP contribution >= 0.6 is 0 Å². The van der Waals surface area contributed by atoms with Crippen LogP contribution in [-0.4, -0.2) is 13.1 Å². The maximum atomic E-state index is 2.50. The minimum absolute atomic E-state index is 0.891. The standard InChI is InChI=1S/C13H17N/c1-2-10-14(9-1)13-7-5-12(6-8-13)11-3-4-11/h5-8,11H,1-4,9-10H2. The monoisotopic (exact) mass is 187 g/mol. The van der Waals surface area contributed by atoms with Gasteiger partial charge in [-0.15, -0.1) is 0 Å². The van der Waals surface area contributed by atoms with E-state index in [2.05, 4.69) is 29.2 Å². The molecule has 0 atom stereocenters. The minimum Gasteiger partial charge on any atom is -0.372 e. The zero-order chi connectivity index (χ0) is 9.38. The molecular weight excluding hydrogens is 170 g/mol. The van der Waals surface area contributed by atoms with Crippen LogP contribution in [0.25, 0.3) is 0 Å². The predicted molar refractivity (Wildman–Crippen MR) is 59.9 cm³/mol. The molecule has 0 amide bonds. The Morgan fingerprint density at radius 3 is 2.14 bits per heavy atom. The summed E-state index contributed by atoms with van der Waals surface area (Å²) in [5.41, 5.74) is 2.97. The van der Waals surface area contributed by atoms with Gasteiger partial charge in [0.05, 0.1) is 0 Å². The normalized spacial score (nSPS) is 21.6. The molecule has 0 radical (unpaired) electrons. The predicted octanol–water partition coefficient (Wildman–Crippen LogP) is 3.16. The second-order valence-electron chi connectivity index (χ2n) is 4.56. The van der Waals surface area contributed by atoms with E-state index < -0.39 is 0 Å². The quantitative estimate of drug-likeness (QED) is 0.687. The van der Waals surface area contributed by atoms with Gasteiger partial charge in [-0.1, -0.05) is 12.1 Å². The summed E-state index contributed by atoms with van der Waals surface area (Å²) < 4.78 is 0. The Hall–Kier alpha value is -0.980. The first-order valence-corrected chi connectivity index (χ1v) is 5.78. The zero-order valence-electron chi connectivity index (χ0n) is 8.58. The number of nitrogens with zero attached hydrogens (tertiary/aromatic N) is 1. The van der Waals surface area contributed by atoms with Gasteiger partial charge in [0.15, 0.2) is 0 Å². The molecule has 2 aliphatic rings. The van der Waals surface area contributed by atoms with Gasteiger partial charge in [-0.3, -0.25) is 0 Å². The highest BCUT2D eigenvalue weighted by Gasteiger charge is 2.23. The van der Waals surface area contributed by atoms with Gasteiger partial charge in [0.25, 0.3) is 0 Å². The summed E-state index contributed by atoms with van der Waals surface area (Å²) in [6.07, 6.45) is 5.54. The Morgan fingerprint density at radius 2 is 1.57 bits per heavy atom. The second-order valence-corrected chi connectivity index (χ2v) is 4.56. The Balaban J connectivity index is 1.78. The van der Waals surface area contributed by atoms with Crippen molar-refractivity contribution in [1.82, 2.24) is 0 Å². The number of benzene rings is 1. The highest BCUT2D eigenvalue weighted by Crippen LogP contribution is 2.40. The third-order valence-electron chi connectivity index (χ3n) is 3.41. The SMILES string of the molecule is c1cc(N2CCCC2)ccc1C1CC1. The summed E-state index contributed by atoms with van der Waals surface area (Å²) >= 11 is 0. The maximum absolute atomic E-state index is 2.50. The van der Waals surface area contributed by atoms with Gasteiger partial charge in [0.2, 0.25) is 0 Å². The summed E-state index contributed by atoms with van der Waals surface area (Å²) in [6.45, 7) is 2.51. The van der Waals surface area contributed by atoms with E-state index in [1.165, 1.54) is 44.5 Å². The highest BCUT2D eigenvalue weighted by atomic mass is 15.1. The van der Waals surface area contributed by atoms with E-state index in [-0.39, 0.29) is 0 Å². The lowest BCUT2D eigenvalue weighted by atomic mass is 10.1. The van der Waals surface area contributed by atoms with Crippen molar-refractivity contribution >= 4 is 5.69 Å². The van der Waals surface area contributed by atoms with Crippen LogP contribution in [0.15, 0.2) is 24.3 Å². The topological polar surface area (TPSA) is 3.24 Å². The van der Waals surface area contributed by atoms with Crippen molar-refractivity contribution in [1.29, 1.82) is 0 Å². The molecule has 3 rings (SSSR count). The van der Waals surface area contributed by atoms with Gasteiger partial charge in [-0.25, -0.2) is 0 Å². The first-order chi connectivity index (χ1) is 6.93. The van der Waals surface area contributed by atoms with Gasteiger partial charge in [-0.2, -0.15) is 0 Å². The van der Waals surface area contributed by atoms with Crippen LogP contribution < -0.4 is 4.90 Å². The van der Waals surface area contributed by atoms with Crippen LogP contribution in [0.2, 0.25) is 0 Å². The second kappa shape index (κ2) is 3.30. The fourth-order valence-electron chi connectivity index (χ4n) is 2.35. The molecule has 1 aromatic carbocycles. The van der Waals surface area contributed by atoms with E-state index in [1.54, 1.807) is 5.56 Å². The molecule has 1 aliphatic heterocycles. The molecule has 1 heteroatoms. The lowest BCUT2D eigenvalue weighted by Crippen LogP contribution is -2.17. The van der Waals surface area contributed by atoms with Crippen molar-refractivity contribution in [2.24, 2.45) is 0 Å². The van der Waals surface area contributed by atoms with Gasteiger partial charge >= 0.3 is 0 Å². The Labute approximate surface area is 85.7 Å². The summed E-state index contributed by atoms with van der Waals surface area (Å²) in [5, 5.41) is 0. The average Bonchev–Trinajstić information content (AvgIpc) is 2.94. The molecule has 0 unspecified atom stereocenters. The lowest BCUT2D eigenvalue weighted by molar-refractivity contribution is 0.949. The van der Waals surface area contributed by atoms with Crippen molar-refractivity contribution in [3.8, 4) is 0 Å². The van der Waals surface area contributed by atoms with Gasteiger partial charge in [0.1, 0.15) is 0 Å². The first kappa shape index (κ1) is 8.34. The Bertz CT molecular complexity index is 305. The molecule has 1 saturated carbocycles. The zero-order valence-corrected chi connectivity index (χ0v) is 8.58.